The molecule has 1 rings (SSSR count). The first-order valence-electron chi connectivity index (χ1n) is 4.94. The van der Waals surface area contributed by atoms with E-state index in [1.54, 1.807) is 4.90 Å². The van der Waals surface area contributed by atoms with Crippen molar-refractivity contribution in [2.24, 2.45) is 0 Å². The Bertz CT molecular complexity index is 265. The molecule has 15 heavy (non-hydrogen) atoms. The van der Waals surface area contributed by atoms with Crippen LogP contribution < -0.4 is 4.72 Å². The fourth-order valence-electron chi connectivity index (χ4n) is 1.63. The van der Waals surface area contributed by atoms with Gasteiger partial charge in [-0.1, -0.05) is 9.64 Å². The molecule has 0 aromatic heterocycles. The standard InChI is InChI=1S/C9H17FN2OS2/c1-8(13)12-5-3-9(10,4-6-12)7-11-15(2)14/h11H,3-7H2,1-2H3. The Labute approximate surface area is 97.1 Å². The van der Waals surface area contributed by atoms with Crippen molar-refractivity contribution in [1.82, 2.24) is 9.62 Å². The van der Waals surface area contributed by atoms with Crippen molar-refractivity contribution in [2.75, 3.05) is 25.9 Å². The van der Waals surface area contributed by atoms with Crippen LogP contribution in [0, 0.1) is 0 Å². The highest BCUT2D eigenvalue weighted by molar-refractivity contribution is 8.27. The van der Waals surface area contributed by atoms with Crippen LogP contribution in [-0.2, 0) is 25.6 Å². The summed E-state index contributed by atoms with van der Waals surface area (Å²) in [5, 5.41) is 0. The third-order valence-corrected chi connectivity index (χ3v) is 3.60. The first-order chi connectivity index (χ1) is 6.93. The number of carbonyl (C=O) groups is 1. The molecule has 1 aliphatic rings. The zero-order valence-corrected chi connectivity index (χ0v) is 10.7. The monoisotopic (exact) mass is 252 g/mol. The van der Waals surface area contributed by atoms with Gasteiger partial charge in [-0.15, -0.1) is 0 Å². The summed E-state index contributed by atoms with van der Waals surface area (Å²) in [4.78, 5) is 12.7. The van der Waals surface area contributed by atoms with E-state index in [1.165, 1.54) is 6.92 Å². The van der Waals surface area contributed by atoms with E-state index in [9.17, 15) is 9.18 Å². The molecule has 0 saturated carbocycles. The Morgan fingerprint density at radius 1 is 1.60 bits per heavy atom. The van der Waals surface area contributed by atoms with Gasteiger partial charge in [0.05, 0.1) is 0 Å². The van der Waals surface area contributed by atoms with Crippen LogP contribution in [-0.4, -0.2) is 42.4 Å². The van der Waals surface area contributed by atoms with E-state index in [2.05, 4.69) is 4.72 Å². The van der Waals surface area contributed by atoms with Gasteiger partial charge in [0, 0.05) is 39.4 Å². The lowest BCUT2D eigenvalue weighted by Gasteiger charge is -2.36. The average Bonchev–Trinajstić information content (AvgIpc) is 2.16. The molecule has 0 aliphatic carbocycles. The van der Waals surface area contributed by atoms with Crippen LogP contribution in [0.15, 0.2) is 0 Å². The number of likely N-dealkylation sites (tertiary alicyclic amines) is 1. The Morgan fingerprint density at radius 3 is 2.53 bits per heavy atom. The number of rotatable bonds is 3. The number of hydrogen-bond donors (Lipinski definition) is 1. The summed E-state index contributed by atoms with van der Waals surface area (Å²) in [6.07, 6.45) is 2.67. The molecule has 6 heteroatoms. The van der Waals surface area contributed by atoms with Crippen molar-refractivity contribution in [3.63, 3.8) is 0 Å². The van der Waals surface area contributed by atoms with E-state index in [4.69, 9.17) is 11.2 Å². The van der Waals surface area contributed by atoms with Crippen LogP contribution in [0.5, 0.6) is 0 Å². The van der Waals surface area contributed by atoms with E-state index in [1.807, 2.05) is 6.26 Å². The molecule has 1 heterocycles. The molecular formula is C9H17FN2OS2. The molecule has 1 unspecified atom stereocenters. The highest BCUT2D eigenvalue weighted by atomic mass is 32.8. The molecule has 1 N–H and O–H groups in total. The lowest BCUT2D eigenvalue weighted by atomic mass is 9.93. The topological polar surface area (TPSA) is 32.3 Å². The van der Waals surface area contributed by atoms with Gasteiger partial charge in [-0.05, 0) is 17.4 Å². The summed E-state index contributed by atoms with van der Waals surface area (Å²) in [5.41, 5.74) is -1.19. The SMILES string of the molecule is CC(=O)N1CCC(F)(CNS(C)=S)CC1. The lowest BCUT2D eigenvalue weighted by Crippen LogP contribution is -2.48. The van der Waals surface area contributed by atoms with Gasteiger partial charge in [-0.2, -0.15) is 0 Å². The van der Waals surface area contributed by atoms with Gasteiger partial charge >= 0.3 is 0 Å². The maximum atomic E-state index is 14.1. The minimum absolute atomic E-state index is 0.0310. The third kappa shape index (κ3) is 4.12. The van der Waals surface area contributed by atoms with Crippen molar-refractivity contribution >= 4 is 26.7 Å². The molecule has 1 fully saturated rings. The van der Waals surface area contributed by atoms with Gasteiger partial charge in [0.1, 0.15) is 5.67 Å². The molecule has 3 nitrogen and oxygen atoms in total. The normalized spacial score (nSPS) is 22.5. The number of carbonyl (C=O) groups excluding carboxylic acids is 1. The first-order valence-corrected chi connectivity index (χ1v) is 7.50. The van der Waals surface area contributed by atoms with Gasteiger partial charge in [-0.25, -0.2) is 4.39 Å². The van der Waals surface area contributed by atoms with Crippen LogP contribution in [0.3, 0.4) is 0 Å². The summed E-state index contributed by atoms with van der Waals surface area (Å²) < 4.78 is 17.1. The van der Waals surface area contributed by atoms with Crippen LogP contribution in [0.25, 0.3) is 0 Å². The second-order valence-electron chi connectivity index (χ2n) is 3.93. The lowest BCUT2D eigenvalue weighted by molar-refractivity contribution is -0.131. The van der Waals surface area contributed by atoms with Crippen LogP contribution in [0.2, 0.25) is 0 Å². The Balaban J connectivity index is 2.40. The van der Waals surface area contributed by atoms with E-state index >= 15 is 0 Å². The van der Waals surface area contributed by atoms with Crippen molar-refractivity contribution in [3.8, 4) is 0 Å². The second kappa shape index (κ2) is 5.32. The molecule has 0 bridgehead atoms. The highest BCUT2D eigenvalue weighted by Gasteiger charge is 2.34. The Kier molecular flexibility index (Phi) is 4.61. The largest absolute Gasteiger partial charge is 0.343 e. The van der Waals surface area contributed by atoms with E-state index < -0.39 is 5.67 Å². The Hall–Kier alpha value is -0.0700. The van der Waals surface area contributed by atoms with Crippen molar-refractivity contribution in [1.29, 1.82) is 0 Å². The molecule has 0 radical (unpaired) electrons. The molecule has 0 aromatic rings. The van der Waals surface area contributed by atoms with E-state index in [0.717, 1.165) is 0 Å². The molecular weight excluding hydrogens is 235 g/mol. The molecule has 1 amide bonds. The fraction of sp³-hybridized carbons (Fsp3) is 0.889. The number of hydrogen-bond acceptors (Lipinski definition) is 2. The van der Waals surface area contributed by atoms with E-state index in [0.29, 0.717) is 32.5 Å². The number of alkyl halides is 1. The molecule has 1 atom stereocenters. The minimum Gasteiger partial charge on any atom is -0.343 e. The van der Waals surface area contributed by atoms with Crippen molar-refractivity contribution in [2.45, 2.75) is 25.4 Å². The zero-order chi connectivity index (χ0) is 11.5. The summed E-state index contributed by atoms with van der Waals surface area (Å²) in [6, 6.07) is 0. The Morgan fingerprint density at radius 2 is 2.13 bits per heavy atom. The highest BCUT2D eigenvalue weighted by Crippen LogP contribution is 2.25. The number of piperidine rings is 1. The fourth-order valence-corrected chi connectivity index (χ4v) is 2.27. The van der Waals surface area contributed by atoms with Crippen LogP contribution in [0.4, 0.5) is 4.39 Å². The third-order valence-electron chi connectivity index (χ3n) is 2.70. The van der Waals surface area contributed by atoms with Crippen molar-refractivity contribution in [3.05, 3.63) is 0 Å². The van der Waals surface area contributed by atoms with Gasteiger partial charge in [-0.3, -0.25) is 9.52 Å². The van der Waals surface area contributed by atoms with Gasteiger partial charge < -0.3 is 4.90 Å². The molecule has 0 spiro atoms. The molecule has 1 saturated heterocycles. The van der Waals surface area contributed by atoms with Crippen molar-refractivity contribution < 1.29 is 9.18 Å². The number of halogens is 1. The summed E-state index contributed by atoms with van der Waals surface area (Å²) in [7, 11) is -0.348. The van der Waals surface area contributed by atoms with E-state index in [-0.39, 0.29) is 15.5 Å². The summed E-state index contributed by atoms with van der Waals surface area (Å²) in [5.74, 6) is 0.0310. The second-order valence-corrected chi connectivity index (χ2v) is 6.63. The quantitative estimate of drug-likeness (QED) is 0.796. The number of amides is 1. The maximum Gasteiger partial charge on any atom is 0.219 e. The predicted molar refractivity (Wildman–Crippen MR) is 64.0 cm³/mol. The number of nitrogens with one attached hydrogen (secondary N) is 1. The summed E-state index contributed by atoms with van der Waals surface area (Å²) >= 11 is 4.95. The van der Waals surface area contributed by atoms with Gasteiger partial charge in [0.2, 0.25) is 5.91 Å². The summed E-state index contributed by atoms with van der Waals surface area (Å²) in [6.45, 7) is 2.86. The smallest absolute Gasteiger partial charge is 0.219 e. The predicted octanol–water partition coefficient (Wildman–Crippen LogP) is 0.552. The number of nitrogens with zero attached hydrogens (tertiary/aromatic N) is 1. The first kappa shape index (κ1) is 13.0. The average molecular weight is 252 g/mol. The maximum absolute atomic E-state index is 14.1. The van der Waals surface area contributed by atoms with Crippen LogP contribution in [0.1, 0.15) is 19.8 Å². The van der Waals surface area contributed by atoms with Crippen LogP contribution >= 0.6 is 0 Å². The minimum atomic E-state index is -1.19. The molecule has 1 aliphatic heterocycles. The van der Waals surface area contributed by atoms with Gasteiger partial charge in [0.15, 0.2) is 0 Å². The molecule has 88 valence electrons. The molecule has 0 aromatic carbocycles. The van der Waals surface area contributed by atoms with Gasteiger partial charge in [0.25, 0.3) is 0 Å². The zero-order valence-electron chi connectivity index (χ0n) is 9.09.